The summed E-state index contributed by atoms with van der Waals surface area (Å²) in [6.07, 6.45) is 8.72. The molecule has 2 aromatic rings. The number of rotatable bonds is 12. The van der Waals surface area contributed by atoms with Crippen molar-refractivity contribution in [3.63, 3.8) is 0 Å². The normalized spacial score (nSPS) is 24.0. The van der Waals surface area contributed by atoms with Crippen molar-refractivity contribution < 1.29 is 14.3 Å². The summed E-state index contributed by atoms with van der Waals surface area (Å²) in [5.41, 5.74) is 2.58. The Morgan fingerprint density at radius 1 is 0.837 bits per heavy atom. The van der Waals surface area contributed by atoms with E-state index in [0.29, 0.717) is 24.7 Å². The molecule has 0 radical (unpaired) electrons. The Morgan fingerprint density at radius 2 is 1.58 bits per heavy atom. The molecule has 0 spiro atoms. The van der Waals surface area contributed by atoms with Crippen molar-refractivity contribution in [1.29, 1.82) is 0 Å². The van der Waals surface area contributed by atoms with Crippen LogP contribution in [0.15, 0.2) is 48.5 Å². The minimum atomic E-state index is -0.0528. The molecular weight excluding hydrogens is 538 g/mol. The summed E-state index contributed by atoms with van der Waals surface area (Å²) in [4.78, 5) is 21.4. The third-order valence-electron chi connectivity index (χ3n) is 9.98. The average Bonchev–Trinajstić information content (AvgIpc) is 3.69. The second kappa shape index (κ2) is 14.9. The van der Waals surface area contributed by atoms with E-state index in [2.05, 4.69) is 68.7 Å². The molecule has 2 N–H and O–H groups in total. The number of carbonyl (C=O) groups excluding carboxylic acids is 1. The van der Waals surface area contributed by atoms with Crippen molar-refractivity contribution in [1.82, 2.24) is 25.3 Å². The summed E-state index contributed by atoms with van der Waals surface area (Å²) >= 11 is 0. The highest BCUT2D eigenvalue weighted by atomic mass is 16.7. The topological polar surface area (TPSA) is 69.3 Å². The molecule has 2 aromatic carbocycles. The van der Waals surface area contributed by atoms with Gasteiger partial charge in [0.15, 0.2) is 11.5 Å². The monoisotopic (exact) mass is 589 g/mol. The highest BCUT2D eigenvalue weighted by Gasteiger charge is 2.41. The molecule has 4 aliphatic rings. The molecule has 0 unspecified atom stereocenters. The standard InChI is InChI=1S/C35H51N5O3/c1-2-17-38-21-14-31(15-22-38)40-25-30(37-29-12-19-39(20-13-29)18-11-27-6-4-3-5-7-27)24-32(40)35(41)36-16-10-28-8-9-33-34(23-28)43-26-42-33/h3-9,23,29-32,37H,2,10-22,24-26H2,1H3,(H,36,41)/t30-,32-/m0/s1. The number of likely N-dealkylation sites (tertiary alicyclic amines) is 3. The molecule has 0 saturated carbocycles. The van der Waals surface area contributed by atoms with Crippen molar-refractivity contribution in [3.05, 3.63) is 59.7 Å². The summed E-state index contributed by atoms with van der Waals surface area (Å²) in [7, 11) is 0. The molecular formula is C35H51N5O3. The third-order valence-corrected chi connectivity index (χ3v) is 9.98. The van der Waals surface area contributed by atoms with Crippen LogP contribution in [-0.2, 0) is 17.6 Å². The van der Waals surface area contributed by atoms with Gasteiger partial charge in [0.25, 0.3) is 0 Å². The minimum Gasteiger partial charge on any atom is -0.454 e. The number of nitrogens with one attached hydrogen (secondary N) is 2. The van der Waals surface area contributed by atoms with Crippen LogP contribution in [0.25, 0.3) is 0 Å². The average molecular weight is 590 g/mol. The lowest BCUT2D eigenvalue weighted by Gasteiger charge is -2.39. The smallest absolute Gasteiger partial charge is 0.237 e. The quantitative estimate of drug-likeness (QED) is 0.392. The van der Waals surface area contributed by atoms with Gasteiger partial charge in [-0.15, -0.1) is 0 Å². The van der Waals surface area contributed by atoms with Gasteiger partial charge in [-0.25, -0.2) is 0 Å². The van der Waals surface area contributed by atoms with Crippen molar-refractivity contribution in [2.75, 3.05) is 59.2 Å². The summed E-state index contributed by atoms with van der Waals surface area (Å²) < 4.78 is 11.0. The van der Waals surface area contributed by atoms with Gasteiger partial charge in [0.05, 0.1) is 6.04 Å². The largest absolute Gasteiger partial charge is 0.454 e. The molecule has 4 heterocycles. The number of hydrogen-bond donors (Lipinski definition) is 2. The fourth-order valence-electron chi connectivity index (χ4n) is 7.57. The van der Waals surface area contributed by atoms with Gasteiger partial charge >= 0.3 is 0 Å². The molecule has 6 rings (SSSR count). The first-order valence-corrected chi connectivity index (χ1v) is 16.8. The van der Waals surface area contributed by atoms with Crippen molar-refractivity contribution in [2.24, 2.45) is 0 Å². The third kappa shape index (κ3) is 8.09. The van der Waals surface area contributed by atoms with Crippen LogP contribution in [0.2, 0.25) is 0 Å². The second-order valence-electron chi connectivity index (χ2n) is 13.0. The minimum absolute atomic E-state index is 0.0528. The van der Waals surface area contributed by atoms with Crippen molar-refractivity contribution in [3.8, 4) is 11.5 Å². The lowest BCUT2D eigenvalue weighted by atomic mass is 10.0. The molecule has 0 aliphatic carbocycles. The Balaban J connectivity index is 1.00. The van der Waals surface area contributed by atoms with Crippen LogP contribution in [0, 0.1) is 0 Å². The highest BCUT2D eigenvalue weighted by molar-refractivity contribution is 5.82. The SMILES string of the molecule is CCCN1CCC(N2C[C@@H](NC3CCN(CCc4ccccc4)CC3)C[C@H]2C(=O)NCCc2ccc3c(c2)OCO3)CC1. The van der Waals surface area contributed by atoms with Gasteiger partial charge in [-0.3, -0.25) is 9.69 Å². The number of benzene rings is 2. The van der Waals surface area contributed by atoms with Crippen LogP contribution in [0.5, 0.6) is 11.5 Å². The number of amides is 1. The molecule has 8 heteroatoms. The molecule has 4 aliphatic heterocycles. The molecule has 0 aromatic heterocycles. The number of hydrogen-bond acceptors (Lipinski definition) is 7. The van der Waals surface area contributed by atoms with Gasteiger partial charge in [0, 0.05) is 37.8 Å². The number of fused-ring (bicyclic) bond motifs is 1. The van der Waals surface area contributed by atoms with Gasteiger partial charge < -0.3 is 29.9 Å². The van der Waals surface area contributed by atoms with E-state index in [4.69, 9.17) is 9.47 Å². The fourth-order valence-corrected chi connectivity index (χ4v) is 7.57. The first kappa shape index (κ1) is 30.4. The molecule has 43 heavy (non-hydrogen) atoms. The lowest BCUT2D eigenvalue weighted by molar-refractivity contribution is -0.126. The van der Waals surface area contributed by atoms with E-state index >= 15 is 0 Å². The molecule has 2 atom stereocenters. The van der Waals surface area contributed by atoms with Crippen LogP contribution in [-0.4, -0.2) is 104 Å². The molecule has 234 valence electrons. The summed E-state index contributed by atoms with van der Waals surface area (Å²) in [5, 5.41) is 7.32. The highest BCUT2D eigenvalue weighted by Crippen LogP contribution is 2.32. The maximum absolute atomic E-state index is 13.7. The van der Waals surface area contributed by atoms with Crippen LogP contribution >= 0.6 is 0 Å². The van der Waals surface area contributed by atoms with E-state index in [1.807, 2.05) is 12.1 Å². The zero-order valence-electron chi connectivity index (χ0n) is 26.0. The van der Waals surface area contributed by atoms with E-state index in [0.717, 1.165) is 88.4 Å². The zero-order chi connectivity index (χ0) is 29.4. The van der Waals surface area contributed by atoms with Gasteiger partial charge in [0.2, 0.25) is 12.7 Å². The maximum atomic E-state index is 13.7. The van der Waals surface area contributed by atoms with Crippen LogP contribution in [0.4, 0.5) is 0 Å². The molecule has 3 fully saturated rings. The van der Waals surface area contributed by atoms with Crippen LogP contribution in [0.1, 0.15) is 56.6 Å². The van der Waals surface area contributed by atoms with Crippen LogP contribution in [0.3, 0.4) is 0 Å². The van der Waals surface area contributed by atoms with E-state index in [1.54, 1.807) is 0 Å². The summed E-state index contributed by atoms with van der Waals surface area (Å²) in [6.45, 7) is 11.1. The van der Waals surface area contributed by atoms with Crippen LogP contribution < -0.4 is 20.1 Å². The Morgan fingerprint density at radius 3 is 2.37 bits per heavy atom. The molecule has 8 nitrogen and oxygen atoms in total. The zero-order valence-corrected chi connectivity index (χ0v) is 26.0. The van der Waals surface area contributed by atoms with Crippen molar-refractivity contribution in [2.45, 2.75) is 82.5 Å². The number of nitrogens with zero attached hydrogens (tertiary/aromatic N) is 3. The Labute approximate surface area is 258 Å². The predicted octanol–water partition coefficient (Wildman–Crippen LogP) is 3.69. The Hall–Kier alpha value is -2.65. The first-order valence-electron chi connectivity index (χ1n) is 16.8. The first-order chi connectivity index (χ1) is 21.1. The van der Waals surface area contributed by atoms with Gasteiger partial charge in [-0.2, -0.15) is 0 Å². The number of carbonyl (C=O) groups is 1. The predicted molar refractivity (Wildman–Crippen MR) is 171 cm³/mol. The van der Waals surface area contributed by atoms with Gasteiger partial charge in [-0.1, -0.05) is 43.3 Å². The van der Waals surface area contributed by atoms with Crippen molar-refractivity contribution >= 4 is 5.91 Å². The summed E-state index contributed by atoms with van der Waals surface area (Å²) in [5.74, 6) is 1.80. The summed E-state index contributed by atoms with van der Waals surface area (Å²) in [6, 6.07) is 18.3. The number of piperidine rings is 2. The maximum Gasteiger partial charge on any atom is 0.237 e. The van der Waals surface area contributed by atoms with E-state index in [1.165, 1.54) is 31.4 Å². The van der Waals surface area contributed by atoms with E-state index in [9.17, 15) is 4.79 Å². The fraction of sp³-hybridized carbons (Fsp3) is 0.629. The molecule has 0 bridgehead atoms. The Kier molecular flexibility index (Phi) is 10.5. The van der Waals surface area contributed by atoms with Gasteiger partial charge in [0.1, 0.15) is 0 Å². The van der Waals surface area contributed by atoms with Gasteiger partial charge in [-0.05, 0) is 107 Å². The Bertz CT molecular complexity index is 1160. The lowest BCUT2D eigenvalue weighted by Crippen LogP contribution is -2.52. The van der Waals surface area contributed by atoms with E-state index in [-0.39, 0.29) is 18.7 Å². The second-order valence-corrected chi connectivity index (χ2v) is 13.0. The number of ether oxygens (including phenoxy) is 2. The molecule has 1 amide bonds. The molecule has 3 saturated heterocycles. The van der Waals surface area contributed by atoms with E-state index < -0.39 is 0 Å².